The Bertz CT molecular complexity index is 882. The Morgan fingerprint density at radius 1 is 0.692 bits per heavy atom. The summed E-state index contributed by atoms with van der Waals surface area (Å²) in [7, 11) is -0.567. The summed E-state index contributed by atoms with van der Waals surface area (Å²) in [6.45, 7) is 0. The van der Waals surface area contributed by atoms with Gasteiger partial charge in [0.1, 0.15) is 28.4 Å². The summed E-state index contributed by atoms with van der Waals surface area (Å²) >= 11 is 0. The molecule has 0 spiro atoms. The molecule has 6 heteroatoms. The maximum Gasteiger partial charge on any atom is 0.178 e. The van der Waals surface area contributed by atoms with E-state index in [4.69, 9.17) is 9.47 Å². The van der Waals surface area contributed by atoms with E-state index in [0.29, 0.717) is 27.4 Å². The molecular weight excluding hydrogens is 357 g/mol. The SMILES string of the molecule is COc1cccc(OC)c1P(=O)(c1ccc(F)cc1)c1ccc(F)cc1. The summed E-state index contributed by atoms with van der Waals surface area (Å²) in [5.74, 6) is -0.125. The summed E-state index contributed by atoms with van der Waals surface area (Å²) in [6, 6.07) is 15.9. The second-order valence-corrected chi connectivity index (χ2v) is 8.27. The van der Waals surface area contributed by atoms with Crippen LogP contribution in [0.2, 0.25) is 0 Å². The monoisotopic (exact) mass is 374 g/mol. The molecule has 0 aliphatic heterocycles. The van der Waals surface area contributed by atoms with Crippen molar-refractivity contribution in [3.63, 3.8) is 0 Å². The Kier molecular flexibility index (Phi) is 5.10. The maximum atomic E-state index is 14.4. The van der Waals surface area contributed by atoms with E-state index in [1.165, 1.54) is 62.8 Å². The molecule has 3 aromatic carbocycles. The van der Waals surface area contributed by atoms with Crippen LogP contribution in [0.25, 0.3) is 0 Å². The molecule has 3 rings (SSSR count). The van der Waals surface area contributed by atoms with Crippen LogP contribution in [-0.4, -0.2) is 14.2 Å². The van der Waals surface area contributed by atoms with E-state index in [1.54, 1.807) is 18.2 Å². The largest absolute Gasteiger partial charge is 0.496 e. The molecule has 0 heterocycles. The van der Waals surface area contributed by atoms with Crippen LogP contribution in [0.15, 0.2) is 66.7 Å². The predicted molar refractivity (Wildman–Crippen MR) is 98.9 cm³/mol. The quantitative estimate of drug-likeness (QED) is 0.640. The third-order valence-electron chi connectivity index (χ3n) is 4.10. The molecule has 26 heavy (non-hydrogen) atoms. The van der Waals surface area contributed by atoms with Gasteiger partial charge in [-0.05, 0) is 60.7 Å². The summed E-state index contributed by atoms with van der Waals surface area (Å²) in [5.41, 5.74) is 0. The molecule has 0 radical (unpaired) electrons. The molecule has 0 unspecified atom stereocenters. The van der Waals surface area contributed by atoms with Crippen molar-refractivity contribution in [1.29, 1.82) is 0 Å². The lowest BCUT2D eigenvalue weighted by molar-refractivity contribution is 0.400. The van der Waals surface area contributed by atoms with Gasteiger partial charge in [0.15, 0.2) is 7.14 Å². The highest BCUT2D eigenvalue weighted by atomic mass is 31.2. The van der Waals surface area contributed by atoms with E-state index >= 15 is 0 Å². The molecule has 134 valence electrons. The van der Waals surface area contributed by atoms with E-state index in [1.807, 2.05) is 0 Å². The first-order chi connectivity index (χ1) is 12.5. The maximum absolute atomic E-state index is 14.4. The summed E-state index contributed by atoms with van der Waals surface area (Å²) in [6.07, 6.45) is 0. The van der Waals surface area contributed by atoms with Crippen LogP contribution in [0.1, 0.15) is 0 Å². The van der Waals surface area contributed by atoms with Gasteiger partial charge in [-0.3, -0.25) is 0 Å². The molecule has 0 saturated carbocycles. The van der Waals surface area contributed by atoms with Crippen LogP contribution < -0.4 is 25.4 Å². The minimum absolute atomic E-state index is 0.350. The summed E-state index contributed by atoms with van der Waals surface area (Å²) in [5, 5.41) is 1.14. The lowest BCUT2D eigenvalue weighted by Gasteiger charge is -2.24. The molecule has 0 bridgehead atoms. The summed E-state index contributed by atoms with van der Waals surface area (Å²) < 4.78 is 52.1. The molecule has 0 amide bonds. The van der Waals surface area contributed by atoms with Gasteiger partial charge in [0, 0.05) is 10.6 Å². The van der Waals surface area contributed by atoms with Crippen molar-refractivity contribution in [3.05, 3.63) is 78.4 Å². The average Bonchev–Trinajstić information content (AvgIpc) is 2.67. The van der Waals surface area contributed by atoms with Crippen molar-refractivity contribution >= 4 is 23.1 Å². The second kappa shape index (κ2) is 7.30. The van der Waals surface area contributed by atoms with E-state index < -0.39 is 18.8 Å². The number of rotatable bonds is 5. The Balaban J connectivity index is 2.38. The van der Waals surface area contributed by atoms with Crippen molar-refractivity contribution in [3.8, 4) is 11.5 Å². The Hall–Kier alpha value is -2.65. The van der Waals surface area contributed by atoms with E-state index in [0.717, 1.165) is 0 Å². The van der Waals surface area contributed by atoms with Crippen molar-refractivity contribution in [2.45, 2.75) is 0 Å². The third-order valence-corrected chi connectivity index (χ3v) is 7.22. The van der Waals surface area contributed by atoms with Gasteiger partial charge < -0.3 is 14.0 Å². The van der Waals surface area contributed by atoms with Gasteiger partial charge in [0.25, 0.3) is 0 Å². The zero-order chi connectivity index (χ0) is 18.7. The van der Waals surface area contributed by atoms with Gasteiger partial charge in [-0.1, -0.05) is 6.07 Å². The molecule has 0 saturated heterocycles. The Morgan fingerprint density at radius 3 is 1.42 bits per heavy atom. The minimum Gasteiger partial charge on any atom is -0.496 e. The van der Waals surface area contributed by atoms with E-state index in [2.05, 4.69) is 0 Å². The standard InChI is InChI=1S/C20H17F2O3P/c1-24-18-4-3-5-19(25-2)20(18)26(23,16-10-6-14(21)7-11-16)17-12-8-15(22)9-13-17/h3-13H,1-2H3. The molecule has 0 fully saturated rings. The van der Waals surface area contributed by atoms with Gasteiger partial charge >= 0.3 is 0 Å². The lowest BCUT2D eigenvalue weighted by atomic mass is 10.3. The molecule has 0 atom stereocenters. The molecule has 0 aromatic heterocycles. The number of methoxy groups -OCH3 is 2. The van der Waals surface area contributed by atoms with Crippen LogP contribution in [0.3, 0.4) is 0 Å². The van der Waals surface area contributed by atoms with Crippen LogP contribution in [0, 0.1) is 11.6 Å². The smallest absolute Gasteiger partial charge is 0.178 e. The van der Waals surface area contributed by atoms with Crippen molar-refractivity contribution in [2.75, 3.05) is 14.2 Å². The first-order valence-corrected chi connectivity index (χ1v) is 9.55. The van der Waals surface area contributed by atoms with Crippen molar-refractivity contribution < 1.29 is 22.8 Å². The minimum atomic E-state index is -3.51. The normalized spacial score (nSPS) is 11.2. The van der Waals surface area contributed by atoms with Gasteiger partial charge in [-0.25, -0.2) is 8.78 Å². The van der Waals surface area contributed by atoms with E-state index in [9.17, 15) is 13.3 Å². The van der Waals surface area contributed by atoms with Gasteiger partial charge in [0.05, 0.1) is 14.2 Å². The first-order valence-electron chi connectivity index (χ1n) is 7.84. The molecule has 3 nitrogen and oxygen atoms in total. The highest BCUT2D eigenvalue weighted by molar-refractivity contribution is 7.85. The molecule has 0 N–H and O–H groups in total. The van der Waals surface area contributed by atoms with Crippen LogP contribution in [0.5, 0.6) is 11.5 Å². The Morgan fingerprint density at radius 2 is 1.08 bits per heavy atom. The van der Waals surface area contributed by atoms with Crippen LogP contribution in [0.4, 0.5) is 8.78 Å². The van der Waals surface area contributed by atoms with E-state index in [-0.39, 0.29) is 0 Å². The van der Waals surface area contributed by atoms with Gasteiger partial charge in [-0.2, -0.15) is 0 Å². The topological polar surface area (TPSA) is 35.5 Å². The number of halogens is 2. The highest BCUT2D eigenvalue weighted by Gasteiger charge is 2.36. The molecule has 0 aliphatic rings. The number of benzene rings is 3. The number of hydrogen-bond donors (Lipinski definition) is 0. The molecule has 3 aromatic rings. The predicted octanol–water partition coefficient (Wildman–Crippen LogP) is 3.62. The first kappa shape index (κ1) is 18.2. The Labute approximate surface area is 150 Å². The number of hydrogen-bond acceptors (Lipinski definition) is 3. The molecule has 0 aliphatic carbocycles. The zero-order valence-corrected chi connectivity index (χ0v) is 15.2. The number of ether oxygens (including phenoxy) is 2. The third kappa shape index (κ3) is 3.11. The lowest BCUT2D eigenvalue weighted by Crippen LogP contribution is -2.27. The van der Waals surface area contributed by atoms with Gasteiger partial charge in [0.2, 0.25) is 0 Å². The van der Waals surface area contributed by atoms with Crippen molar-refractivity contribution in [1.82, 2.24) is 0 Å². The zero-order valence-electron chi connectivity index (χ0n) is 14.3. The summed E-state index contributed by atoms with van der Waals surface area (Å²) in [4.78, 5) is 0. The fraction of sp³-hybridized carbons (Fsp3) is 0.100. The van der Waals surface area contributed by atoms with Crippen molar-refractivity contribution in [2.24, 2.45) is 0 Å². The fourth-order valence-corrected chi connectivity index (χ4v) is 5.76. The fourth-order valence-electron chi connectivity index (χ4n) is 2.85. The second-order valence-electron chi connectivity index (χ2n) is 5.57. The highest BCUT2D eigenvalue weighted by Crippen LogP contribution is 2.48. The van der Waals surface area contributed by atoms with Gasteiger partial charge in [-0.15, -0.1) is 0 Å². The average molecular weight is 374 g/mol. The van der Waals surface area contributed by atoms with Crippen LogP contribution in [-0.2, 0) is 4.57 Å². The molecular formula is C20H17F2O3P. The van der Waals surface area contributed by atoms with Crippen LogP contribution >= 0.6 is 7.14 Å².